The molecule has 0 bridgehead atoms. The van der Waals surface area contributed by atoms with E-state index in [9.17, 15) is 60.7 Å². The fraction of sp³-hybridized carbons (Fsp3) is 0.767. The monoisotopic (exact) mass is 818 g/mol. The number of carbonyl (C=O) groups excluding carboxylic acids is 2. The van der Waals surface area contributed by atoms with Crippen molar-refractivity contribution in [3.8, 4) is 17.2 Å². The molecule has 4 saturated carbocycles. The summed E-state index contributed by atoms with van der Waals surface area (Å²) in [4.78, 5) is 27.8. The lowest BCUT2D eigenvalue weighted by Gasteiger charge is -2.71. The van der Waals surface area contributed by atoms with E-state index in [0.717, 1.165) is 17.7 Å². The van der Waals surface area contributed by atoms with Gasteiger partial charge in [-0.15, -0.1) is 0 Å². The molecular formula is C43H62O15. The zero-order chi connectivity index (χ0) is 42.7. The molecule has 15 nitrogen and oxygen atoms in total. The molecule has 1 aromatic carbocycles. The molecule has 10 N–H and O–H groups in total. The minimum Gasteiger partial charge on any atom is -0.504 e. The number of allylic oxidation sites excluding steroid dienone is 1. The molecule has 0 amide bonds. The molecule has 7 rings (SSSR count). The maximum absolute atomic E-state index is 14.6. The summed E-state index contributed by atoms with van der Waals surface area (Å²) in [5, 5.41) is 107. The highest BCUT2D eigenvalue weighted by Crippen LogP contribution is 2.76. The Morgan fingerprint density at radius 3 is 2.09 bits per heavy atom. The summed E-state index contributed by atoms with van der Waals surface area (Å²) >= 11 is 0. The van der Waals surface area contributed by atoms with Gasteiger partial charge < -0.3 is 65.3 Å². The van der Waals surface area contributed by atoms with Crippen molar-refractivity contribution in [1.29, 1.82) is 0 Å². The third-order valence-corrected chi connectivity index (χ3v) is 16.9. The summed E-state index contributed by atoms with van der Waals surface area (Å²) < 4.78 is 17.2. The van der Waals surface area contributed by atoms with Crippen molar-refractivity contribution in [1.82, 2.24) is 0 Å². The average Bonchev–Trinajstić information content (AvgIpc) is 3.16. The first kappa shape index (κ1) is 43.1. The van der Waals surface area contributed by atoms with Gasteiger partial charge in [0.1, 0.15) is 24.4 Å². The molecule has 58 heavy (non-hydrogen) atoms. The fourth-order valence-corrected chi connectivity index (χ4v) is 13.1. The number of ether oxygens (including phenoxy) is 3. The van der Waals surface area contributed by atoms with Crippen LogP contribution in [0.25, 0.3) is 0 Å². The number of rotatable bonds is 6. The van der Waals surface area contributed by atoms with Crippen molar-refractivity contribution in [2.75, 3.05) is 13.2 Å². The Balaban J connectivity index is 1.21. The number of fused-ring (bicyclic) bond motifs is 7. The predicted octanol–water partition coefficient (Wildman–Crippen LogP) is 2.39. The minimum atomic E-state index is -1.77. The molecule has 4 unspecified atom stereocenters. The van der Waals surface area contributed by atoms with Crippen LogP contribution in [0.1, 0.15) is 103 Å². The average molecular weight is 819 g/mol. The van der Waals surface area contributed by atoms with Crippen molar-refractivity contribution >= 4 is 11.9 Å². The summed E-state index contributed by atoms with van der Waals surface area (Å²) in [6.07, 6.45) is -5.31. The van der Waals surface area contributed by atoms with Gasteiger partial charge in [-0.1, -0.05) is 53.2 Å². The molecule has 0 spiro atoms. The summed E-state index contributed by atoms with van der Waals surface area (Å²) in [5.74, 6) is -4.67. The number of phenols is 3. The van der Waals surface area contributed by atoms with Crippen molar-refractivity contribution in [2.24, 2.45) is 50.2 Å². The molecule has 1 aromatic rings. The molecule has 16 atom stereocenters. The molecule has 1 heterocycles. The largest absolute Gasteiger partial charge is 0.504 e. The number of phenolic OH excluding ortho intramolecular Hbond substituents is 3. The van der Waals surface area contributed by atoms with E-state index in [1.165, 1.54) is 0 Å². The zero-order valence-corrected chi connectivity index (χ0v) is 34.2. The van der Waals surface area contributed by atoms with Crippen LogP contribution in [0.3, 0.4) is 0 Å². The Bertz CT molecular complexity index is 1810. The zero-order valence-electron chi connectivity index (χ0n) is 34.2. The van der Waals surface area contributed by atoms with Crippen molar-refractivity contribution in [3.05, 3.63) is 29.3 Å². The van der Waals surface area contributed by atoms with E-state index in [4.69, 9.17) is 14.2 Å². The molecule has 5 fully saturated rings. The SMILES string of the molecule is CC1(C)CC[C@]2(C(=O)O[C@@H]3OC(CO)[C@@H](O)C(O)[C@@H]3O)CC[C@]3(C)C(=CCC4[C@@]5(C)C[C@@H](O)[C@H](O)[C@@](C)(COC(=O)c6cc(O)c(O)c(O)c6)C5CC[C@]43C)[C@@H]2[C@@H]1O. The Hall–Kier alpha value is -3.02. The summed E-state index contributed by atoms with van der Waals surface area (Å²) in [6, 6.07) is 1.96. The first-order valence-electron chi connectivity index (χ1n) is 20.6. The normalized spacial score (nSPS) is 47.0. The molecule has 1 saturated heterocycles. The third kappa shape index (κ3) is 6.04. The third-order valence-electron chi connectivity index (χ3n) is 16.9. The van der Waals surface area contributed by atoms with Crippen LogP contribution in [-0.4, -0.2) is 125 Å². The topological polar surface area (TPSA) is 264 Å². The highest BCUT2D eigenvalue weighted by molar-refractivity contribution is 5.91. The van der Waals surface area contributed by atoms with Gasteiger partial charge in [0.15, 0.2) is 17.2 Å². The van der Waals surface area contributed by atoms with Crippen molar-refractivity contribution in [3.63, 3.8) is 0 Å². The van der Waals surface area contributed by atoms with Crippen LogP contribution in [0.2, 0.25) is 0 Å². The lowest BCUT2D eigenvalue weighted by atomic mass is 9.33. The van der Waals surface area contributed by atoms with Crippen LogP contribution in [0.5, 0.6) is 17.2 Å². The van der Waals surface area contributed by atoms with Crippen molar-refractivity contribution < 1.29 is 74.9 Å². The Kier molecular flexibility index (Phi) is 10.6. The second-order valence-corrected chi connectivity index (χ2v) is 20.1. The van der Waals surface area contributed by atoms with Crippen LogP contribution >= 0.6 is 0 Å². The second kappa shape index (κ2) is 14.3. The predicted molar refractivity (Wildman–Crippen MR) is 204 cm³/mol. The van der Waals surface area contributed by atoms with Crippen LogP contribution in [0.4, 0.5) is 0 Å². The first-order chi connectivity index (χ1) is 26.9. The number of benzene rings is 1. The molecule has 1 aliphatic heterocycles. The molecule has 324 valence electrons. The lowest BCUT2D eigenvalue weighted by molar-refractivity contribution is -0.298. The van der Waals surface area contributed by atoms with Gasteiger partial charge in [-0.3, -0.25) is 4.79 Å². The van der Waals surface area contributed by atoms with Gasteiger partial charge in [0, 0.05) is 11.3 Å². The second-order valence-electron chi connectivity index (χ2n) is 20.1. The number of aromatic hydroxyl groups is 3. The number of carbonyl (C=O) groups is 2. The van der Waals surface area contributed by atoms with E-state index in [1.54, 1.807) is 0 Å². The number of hydrogen-bond donors (Lipinski definition) is 10. The fourth-order valence-electron chi connectivity index (χ4n) is 13.1. The van der Waals surface area contributed by atoms with Crippen LogP contribution < -0.4 is 0 Å². The number of aliphatic hydroxyl groups is 7. The smallest absolute Gasteiger partial charge is 0.338 e. The summed E-state index contributed by atoms with van der Waals surface area (Å²) in [5.41, 5.74) is -3.65. The summed E-state index contributed by atoms with van der Waals surface area (Å²) in [7, 11) is 0. The van der Waals surface area contributed by atoms with Gasteiger partial charge in [0.05, 0.1) is 42.5 Å². The van der Waals surface area contributed by atoms with Gasteiger partial charge in [-0.05, 0) is 97.0 Å². The highest BCUT2D eigenvalue weighted by Gasteiger charge is 2.72. The molecule has 0 aromatic heterocycles. The quantitative estimate of drug-likeness (QED) is 0.112. The number of aliphatic hydroxyl groups excluding tert-OH is 7. The highest BCUT2D eigenvalue weighted by atomic mass is 16.7. The Morgan fingerprint density at radius 2 is 1.45 bits per heavy atom. The summed E-state index contributed by atoms with van der Waals surface area (Å²) in [6.45, 7) is 11.4. The van der Waals surface area contributed by atoms with E-state index in [2.05, 4.69) is 26.8 Å². The lowest BCUT2D eigenvalue weighted by Crippen LogP contribution is -2.69. The van der Waals surface area contributed by atoms with Gasteiger partial charge in [-0.2, -0.15) is 0 Å². The number of hydrogen-bond acceptors (Lipinski definition) is 15. The molecule has 15 heteroatoms. The van der Waals surface area contributed by atoms with Crippen LogP contribution in [-0.2, 0) is 19.0 Å². The van der Waals surface area contributed by atoms with Gasteiger partial charge in [-0.25, -0.2) is 4.79 Å². The molecular weight excluding hydrogens is 756 g/mol. The number of esters is 2. The maximum Gasteiger partial charge on any atom is 0.338 e. The molecule has 6 aliphatic rings. The van der Waals surface area contributed by atoms with Crippen LogP contribution in [0, 0.1) is 50.2 Å². The van der Waals surface area contributed by atoms with E-state index in [-0.39, 0.29) is 30.4 Å². The van der Waals surface area contributed by atoms with Crippen LogP contribution in [0.15, 0.2) is 23.8 Å². The van der Waals surface area contributed by atoms with E-state index in [1.807, 2.05) is 20.8 Å². The Morgan fingerprint density at radius 1 is 0.810 bits per heavy atom. The first-order valence-corrected chi connectivity index (χ1v) is 20.6. The molecule has 5 aliphatic carbocycles. The maximum atomic E-state index is 14.6. The van der Waals surface area contributed by atoms with Crippen molar-refractivity contribution in [2.45, 2.75) is 142 Å². The van der Waals surface area contributed by atoms with Gasteiger partial charge in [0.25, 0.3) is 0 Å². The molecule has 0 radical (unpaired) electrons. The minimum absolute atomic E-state index is 0.0435. The van der Waals surface area contributed by atoms with E-state index >= 15 is 0 Å². The van der Waals surface area contributed by atoms with Gasteiger partial charge in [0.2, 0.25) is 6.29 Å². The Labute approximate surface area is 338 Å². The van der Waals surface area contributed by atoms with E-state index in [0.29, 0.717) is 44.9 Å². The standard InChI is InChI=1S/C43H62O15/c1-38(2)11-13-43(37(55)58-36-32(51)31(50)30(49)25(18-44)57-36)14-12-41(5)21(28(43)34(38)53)7-8-27-39(3)17-24(47)33(52)40(4,26(39)9-10-42(27,41)6)19-56-35(54)20-15-22(45)29(48)23(46)16-20/h7,15-16,24-28,30-34,36,44-53H,8-14,17-19H2,1-6H3/t24-,25?,26?,27?,28-,30-,31?,32+,33+,34+,36+,39+,40+,41-,42-,43+/m1/s1. The van der Waals surface area contributed by atoms with Gasteiger partial charge >= 0.3 is 11.9 Å². The van der Waals surface area contributed by atoms with E-state index < -0.39 is 123 Å².